The first kappa shape index (κ1) is 28.3. The maximum absolute atomic E-state index is 14.9. The summed E-state index contributed by atoms with van der Waals surface area (Å²) in [5, 5.41) is 1.09. The molecule has 5 aromatic carbocycles. The van der Waals surface area contributed by atoms with Gasteiger partial charge < -0.3 is 4.57 Å². The molecule has 1 unspecified atom stereocenters. The lowest BCUT2D eigenvalue weighted by atomic mass is 9.95. The topological polar surface area (TPSA) is 42.3 Å². The lowest BCUT2D eigenvalue weighted by Gasteiger charge is -2.25. The number of nitrogens with zero attached hydrogens (tertiary/aromatic N) is 2. The second-order valence-electron chi connectivity index (χ2n) is 11.0. The molecule has 218 valence electrons. The predicted octanol–water partition coefficient (Wildman–Crippen LogP) is 9.44. The van der Waals surface area contributed by atoms with Crippen LogP contribution in [0.2, 0.25) is 0 Å². The number of benzene rings is 5. The number of hydrogen-bond acceptors (Lipinski definition) is 2. The molecule has 0 saturated heterocycles. The van der Waals surface area contributed by atoms with Gasteiger partial charge in [-0.15, -0.1) is 0 Å². The van der Waals surface area contributed by atoms with Gasteiger partial charge in [-0.3, -0.25) is 0 Å². The zero-order valence-corrected chi connectivity index (χ0v) is 26.3. The Kier molecular flexibility index (Phi) is 7.23. The summed E-state index contributed by atoms with van der Waals surface area (Å²) >= 11 is 3.69. The van der Waals surface area contributed by atoms with E-state index in [1.165, 1.54) is 16.4 Å². The van der Waals surface area contributed by atoms with Crippen LogP contribution >= 0.6 is 15.9 Å². The molecule has 1 aliphatic rings. The highest BCUT2D eigenvalue weighted by molar-refractivity contribution is 9.10. The van der Waals surface area contributed by atoms with Crippen molar-refractivity contribution in [3.63, 3.8) is 0 Å². The van der Waals surface area contributed by atoms with Crippen LogP contribution in [-0.4, -0.2) is 13.0 Å². The summed E-state index contributed by atoms with van der Waals surface area (Å²) < 4.78 is 47.9. The first-order valence-electron chi connectivity index (χ1n) is 14.3. The van der Waals surface area contributed by atoms with Crippen molar-refractivity contribution >= 4 is 42.5 Å². The smallest absolute Gasteiger partial charge is 0.268 e. The van der Waals surface area contributed by atoms with Gasteiger partial charge in [-0.2, -0.15) is 0 Å². The zero-order chi connectivity index (χ0) is 30.4. The Morgan fingerprint density at radius 2 is 1.50 bits per heavy atom. The fourth-order valence-corrected chi connectivity index (χ4v) is 8.02. The minimum absolute atomic E-state index is 0.195. The number of allylic oxidation sites excluding steroid dienone is 1. The van der Waals surface area contributed by atoms with Crippen LogP contribution in [-0.2, 0) is 16.4 Å². The number of fused-ring (bicyclic) bond motifs is 3. The third kappa shape index (κ3) is 4.86. The van der Waals surface area contributed by atoms with Crippen molar-refractivity contribution in [3.8, 4) is 11.1 Å². The Bertz CT molecular complexity index is 2140. The Morgan fingerprint density at radius 1 is 0.841 bits per heavy atom. The van der Waals surface area contributed by atoms with Crippen LogP contribution in [0.25, 0.3) is 22.0 Å². The number of halogens is 2. The van der Waals surface area contributed by atoms with Crippen LogP contribution in [0.15, 0.2) is 149 Å². The van der Waals surface area contributed by atoms with Gasteiger partial charge in [-0.25, -0.2) is 17.1 Å². The minimum Gasteiger partial charge on any atom is -0.332 e. The van der Waals surface area contributed by atoms with E-state index in [-0.39, 0.29) is 10.7 Å². The van der Waals surface area contributed by atoms with Crippen LogP contribution in [0, 0.1) is 12.7 Å². The van der Waals surface area contributed by atoms with Gasteiger partial charge in [0, 0.05) is 39.3 Å². The van der Waals surface area contributed by atoms with Crippen molar-refractivity contribution in [2.24, 2.45) is 0 Å². The molecule has 7 heteroatoms. The van der Waals surface area contributed by atoms with Crippen molar-refractivity contribution in [1.29, 1.82) is 0 Å². The van der Waals surface area contributed by atoms with Gasteiger partial charge in [0.15, 0.2) is 0 Å². The van der Waals surface area contributed by atoms with Gasteiger partial charge in [-0.05, 0) is 72.2 Å². The normalized spacial score (nSPS) is 15.5. The fourth-order valence-electron chi connectivity index (χ4n) is 6.18. The van der Waals surface area contributed by atoms with E-state index in [0.29, 0.717) is 12.1 Å². The first-order chi connectivity index (χ1) is 21.3. The monoisotopic (exact) mass is 662 g/mol. The van der Waals surface area contributed by atoms with Crippen molar-refractivity contribution in [3.05, 3.63) is 166 Å². The van der Waals surface area contributed by atoms with E-state index in [2.05, 4.69) is 44.8 Å². The van der Waals surface area contributed by atoms with Crippen LogP contribution in [0.3, 0.4) is 0 Å². The van der Waals surface area contributed by atoms with E-state index in [1.54, 1.807) is 48.7 Å². The van der Waals surface area contributed by atoms with Crippen LogP contribution < -0.4 is 4.31 Å². The minimum atomic E-state index is -4.00. The number of hydrogen-bond donors (Lipinski definition) is 0. The molecule has 0 radical (unpaired) electrons. The van der Waals surface area contributed by atoms with Gasteiger partial charge in [0.2, 0.25) is 0 Å². The highest BCUT2D eigenvalue weighted by Crippen LogP contribution is 2.48. The third-order valence-corrected chi connectivity index (χ3v) is 10.6. The van der Waals surface area contributed by atoms with Crippen LogP contribution in [0.4, 0.5) is 10.1 Å². The van der Waals surface area contributed by atoms with Crippen molar-refractivity contribution in [2.45, 2.75) is 24.3 Å². The quantitative estimate of drug-likeness (QED) is 0.178. The molecule has 0 saturated carbocycles. The average Bonchev–Trinajstić information content (AvgIpc) is 3.56. The molecular formula is C37H28BrFN2O2S. The number of anilines is 1. The molecule has 0 fully saturated rings. The van der Waals surface area contributed by atoms with E-state index in [1.807, 2.05) is 55.5 Å². The number of aryl methyl sites for hydroxylation is 1. The average molecular weight is 664 g/mol. The summed E-state index contributed by atoms with van der Waals surface area (Å²) in [4.78, 5) is 0.195. The predicted molar refractivity (Wildman–Crippen MR) is 179 cm³/mol. The number of sulfonamides is 1. The Balaban J connectivity index is 1.51. The van der Waals surface area contributed by atoms with E-state index < -0.39 is 16.1 Å². The van der Waals surface area contributed by atoms with Gasteiger partial charge in [0.25, 0.3) is 10.0 Å². The summed E-state index contributed by atoms with van der Waals surface area (Å²) in [6.07, 6.45) is 2.21. The molecule has 44 heavy (non-hydrogen) atoms. The zero-order valence-electron chi connectivity index (χ0n) is 23.9. The number of rotatable bonds is 6. The third-order valence-electron chi connectivity index (χ3n) is 8.18. The Hall–Kier alpha value is -4.46. The molecule has 0 amide bonds. The van der Waals surface area contributed by atoms with E-state index in [9.17, 15) is 12.8 Å². The maximum Gasteiger partial charge on any atom is 0.268 e. The Labute approximate surface area is 264 Å². The summed E-state index contributed by atoms with van der Waals surface area (Å²) in [6.45, 7) is 1.93. The molecule has 0 aliphatic carbocycles. The highest BCUT2D eigenvalue weighted by atomic mass is 79.9. The molecule has 0 bridgehead atoms. The molecular weight excluding hydrogens is 635 g/mol. The summed E-state index contributed by atoms with van der Waals surface area (Å²) in [5.74, 6) is -0.358. The molecule has 7 rings (SSSR count). The van der Waals surface area contributed by atoms with Gasteiger partial charge in [0.05, 0.1) is 16.6 Å². The van der Waals surface area contributed by atoms with E-state index in [0.717, 1.165) is 48.9 Å². The second kappa shape index (κ2) is 11.2. The van der Waals surface area contributed by atoms with E-state index >= 15 is 0 Å². The fraction of sp³-hybridized carbons (Fsp3) is 0.0811. The maximum atomic E-state index is 14.9. The molecule has 0 N–H and O–H groups in total. The molecule has 1 atom stereocenters. The standard InChI is InChI=1S/C37H28BrFN2O2S/c1-25-16-19-30(20-17-25)44(42,43)40(29-12-6-3-7-13-29)24-27-22-35-36(26-10-4-2-5-11-26)31-14-8-9-15-34(31)41(35)37(27)32-23-28(39)18-21-33(32)38/h2-21,23-24,37H,22H2,1H3/b27-24+. The van der Waals surface area contributed by atoms with Crippen molar-refractivity contribution < 1.29 is 12.8 Å². The lowest BCUT2D eigenvalue weighted by Crippen LogP contribution is -2.27. The van der Waals surface area contributed by atoms with E-state index in [4.69, 9.17) is 0 Å². The molecule has 0 spiro atoms. The van der Waals surface area contributed by atoms with Crippen LogP contribution in [0.5, 0.6) is 0 Å². The molecule has 2 heterocycles. The van der Waals surface area contributed by atoms with Crippen LogP contribution in [0.1, 0.15) is 22.9 Å². The first-order valence-corrected chi connectivity index (χ1v) is 16.5. The summed E-state index contributed by atoms with van der Waals surface area (Å²) in [7, 11) is -4.00. The molecule has 6 aromatic rings. The number of para-hydroxylation sites is 2. The lowest BCUT2D eigenvalue weighted by molar-refractivity contribution is 0.595. The molecule has 4 nitrogen and oxygen atoms in total. The molecule has 1 aliphatic heterocycles. The van der Waals surface area contributed by atoms with Gasteiger partial charge in [0.1, 0.15) is 5.82 Å². The molecule has 1 aromatic heterocycles. The summed E-state index contributed by atoms with van der Waals surface area (Å²) in [5.41, 5.74) is 7.24. The SMILES string of the molecule is Cc1ccc(S(=O)(=O)N(/C=C2\Cc3c(-c4ccccc4)c4ccccc4n3C2c2cc(F)ccc2Br)c2ccccc2)cc1. The summed E-state index contributed by atoms with van der Waals surface area (Å²) in [6, 6.07) is 38.6. The Morgan fingerprint density at radius 3 is 2.23 bits per heavy atom. The largest absolute Gasteiger partial charge is 0.332 e. The van der Waals surface area contributed by atoms with Gasteiger partial charge in [-0.1, -0.05) is 100 Å². The van der Waals surface area contributed by atoms with Crippen molar-refractivity contribution in [2.75, 3.05) is 4.31 Å². The highest BCUT2D eigenvalue weighted by Gasteiger charge is 2.36. The number of aromatic nitrogens is 1. The van der Waals surface area contributed by atoms with Crippen molar-refractivity contribution in [1.82, 2.24) is 4.57 Å². The van der Waals surface area contributed by atoms with Gasteiger partial charge >= 0.3 is 0 Å². The second-order valence-corrected chi connectivity index (χ2v) is 13.6.